The molecule has 0 aromatic carbocycles. The summed E-state index contributed by atoms with van der Waals surface area (Å²) in [6, 6.07) is 5.62. The maximum absolute atomic E-state index is 11.9. The molecule has 0 spiro atoms. The zero-order chi connectivity index (χ0) is 24.8. The van der Waals surface area contributed by atoms with Crippen LogP contribution in [0.3, 0.4) is 0 Å². The van der Waals surface area contributed by atoms with Crippen molar-refractivity contribution in [3.05, 3.63) is 67.5 Å². The van der Waals surface area contributed by atoms with E-state index in [1.165, 1.54) is 22.9 Å². The molecule has 0 aliphatic heterocycles. The Morgan fingerprint density at radius 1 is 1.29 bits per heavy atom. The zero-order valence-electron chi connectivity index (χ0n) is 21.0. The predicted molar refractivity (Wildman–Crippen MR) is 132 cm³/mol. The number of hydroxylamine groups is 1. The molecular weight excluding hydrogens is 531 g/mol. The number of allylic oxidation sites excluding steroid dienone is 1. The van der Waals surface area contributed by atoms with E-state index in [0.717, 1.165) is 19.6 Å². The first-order chi connectivity index (χ1) is 15.7. The van der Waals surface area contributed by atoms with Gasteiger partial charge >= 0.3 is 5.63 Å². The Balaban J connectivity index is 0.000000763. The van der Waals surface area contributed by atoms with Crippen LogP contribution in [0.4, 0.5) is 0 Å². The molecule has 187 valence electrons. The fourth-order valence-electron chi connectivity index (χ4n) is 2.80. The maximum Gasteiger partial charge on any atom is 0.350 e. The predicted octanol–water partition coefficient (Wildman–Crippen LogP) is 6.50. The van der Waals surface area contributed by atoms with Crippen LogP contribution in [0.15, 0.2) is 39.7 Å². The third-order valence-electron chi connectivity index (χ3n) is 4.63. The largest absolute Gasteiger partial charge is 0.569 e. The number of nitrogens with zero attached hydrogens (tertiary/aromatic N) is 1. The van der Waals surface area contributed by atoms with E-state index in [4.69, 9.17) is 9.15 Å². The number of hydrogen-bond acceptors (Lipinski definition) is 7. The minimum Gasteiger partial charge on any atom is -0.569 e. The second kappa shape index (κ2) is 18.0. The van der Waals surface area contributed by atoms with Crippen molar-refractivity contribution in [2.45, 2.75) is 66.4 Å². The second-order valence-electron chi connectivity index (χ2n) is 7.93. The van der Waals surface area contributed by atoms with Gasteiger partial charge in [0.25, 0.3) is 0 Å². The van der Waals surface area contributed by atoms with Crippen LogP contribution in [-0.2, 0) is 48.9 Å². The quantitative estimate of drug-likeness (QED) is 0.179. The number of aryl methyl sites for hydroxylation is 1. The minimum atomic E-state index is -0.787. The fraction of sp³-hybridized carbons (Fsp3) is 0.520. The smallest absolute Gasteiger partial charge is 0.350 e. The van der Waals surface area contributed by atoms with E-state index < -0.39 is 11.4 Å². The summed E-state index contributed by atoms with van der Waals surface area (Å²) < 4.78 is 10.6. The van der Waals surface area contributed by atoms with Crippen LogP contribution in [0.1, 0.15) is 78.7 Å². The molecule has 34 heavy (non-hydrogen) atoms. The Hall–Kier alpha value is -1.32. The van der Waals surface area contributed by atoms with Gasteiger partial charge in [0, 0.05) is 74.1 Å². The molecule has 7 nitrogen and oxygen atoms in total. The molecule has 2 aromatic rings. The first-order valence-corrected chi connectivity index (χ1v) is 11.9. The molecular formula is C25H36NO6SY-. The van der Waals surface area contributed by atoms with Gasteiger partial charge in [-0.1, -0.05) is 27.7 Å². The standard InChI is InChI=1S/C16H22NO5.C9H14OS.Y/c1-10(2)15(19)14-12(18)9-13(22-16(14)20)11(3)7-5-6-8-17-21-4;1-3-6-10-7-9-5-4-8(2)11-9;/h6,8-11H,5,7H2,1-4H3,(H,18,19,20);4-5H,3,6-7H2,1-2H3;/q-1;;/b8-6-;;. The summed E-state index contributed by atoms with van der Waals surface area (Å²) in [4.78, 5) is 31.0. The van der Waals surface area contributed by atoms with Crippen molar-refractivity contribution < 1.29 is 56.6 Å². The topological polar surface area (TPSA) is 100 Å². The average molecular weight is 568 g/mol. The summed E-state index contributed by atoms with van der Waals surface area (Å²) in [7, 11) is 1.46. The molecule has 0 aliphatic carbocycles. The van der Waals surface area contributed by atoms with E-state index in [2.05, 4.69) is 36.3 Å². The summed E-state index contributed by atoms with van der Waals surface area (Å²) in [6.45, 7) is 11.1. The van der Waals surface area contributed by atoms with Crippen molar-refractivity contribution in [2.75, 3.05) is 13.7 Å². The van der Waals surface area contributed by atoms with Gasteiger partial charge in [0.2, 0.25) is 0 Å². The summed E-state index contributed by atoms with van der Waals surface area (Å²) in [6.07, 6.45) is 5.89. The summed E-state index contributed by atoms with van der Waals surface area (Å²) >= 11 is 1.81. The molecule has 1 N–H and O–H groups in total. The first-order valence-electron chi connectivity index (χ1n) is 11.1. The summed E-state index contributed by atoms with van der Waals surface area (Å²) in [5.41, 5.74) is 2.53. The molecule has 0 aliphatic rings. The van der Waals surface area contributed by atoms with Gasteiger partial charge < -0.3 is 24.6 Å². The second-order valence-corrected chi connectivity index (χ2v) is 9.30. The van der Waals surface area contributed by atoms with Crippen LogP contribution < -0.4 is 5.63 Å². The molecule has 2 rings (SSSR count). The number of thiophene rings is 1. The Labute approximate surface area is 231 Å². The van der Waals surface area contributed by atoms with Gasteiger partial charge in [0.05, 0.1) is 6.61 Å². The van der Waals surface area contributed by atoms with Crippen LogP contribution in [0.25, 0.3) is 5.48 Å². The van der Waals surface area contributed by atoms with Gasteiger partial charge in [0.15, 0.2) is 5.78 Å². The van der Waals surface area contributed by atoms with Crippen molar-refractivity contribution in [3.8, 4) is 5.75 Å². The van der Waals surface area contributed by atoms with Gasteiger partial charge in [-0.25, -0.2) is 4.79 Å². The van der Waals surface area contributed by atoms with Crippen LogP contribution in [-0.4, -0.2) is 24.6 Å². The number of ether oxygens (including phenoxy) is 1. The molecule has 2 aromatic heterocycles. The number of hydrogen-bond donors (Lipinski definition) is 1. The molecule has 2 heterocycles. The zero-order valence-corrected chi connectivity index (χ0v) is 24.7. The maximum atomic E-state index is 11.9. The third kappa shape index (κ3) is 11.9. The third-order valence-corrected chi connectivity index (χ3v) is 5.61. The van der Waals surface area contributed by atoms with E-state index in [1.54, 1.807) is 20.0 Å². The SMILES string of the molecule is CCCOCc1ccc(C)s1.CO[N-]/C=C\CCC(C)c1cc(O)c(C(=O)C(C)C)c(=O)o1.[Y]. The van der Waals surface area contributed by atoms with Gasteiger partial charge in [0.1, 0.15) is 17.1 Å². The molecule has 1 atom stereocenters. The van der Waals surface area contributed by atoms with E-state index >= 15 is 0 Å². The monoisotopic (exact) mass is 567 g/mol. The number of Topliss-reactive ketones (excluding diaryl/α,β-unsaturated/α-hetero) is 1. The van der Waals surface area contributed by atoms with Crippen molar-refractivity contribution >= 4 is 17.1 Å². The molecule has 1 radical (unpaired) electrons. The van der Waals surface area contributed by atoms with Gasteiger partial charge in [-0.2, -0.15) is 6.20 Å². The molecule has 0 fully saturated rings. The first kappa shape index (κ1) is 32.7. The Bertz CT molecular complexity index is 938. The van der Waals surface area contributed by atoms with Gasteiger partial charge in [-0.3, -0.25) is 4.79 Å². The molecule has 1 unspecified atom stereocenters. The van der Waals surface area contributed by atoms with Crippen molar-refractivity contribution in [2.24, 2.45) is 5.92 Å². The van der Waals surface area contributed by atoms with Crippen LogP contribution in [0.5, 0.6) is 5.75 Å². The fourth-order valence-corrected chi connectivity index (χ4v) is 3.63. The molecule has 0 amide bonds. The van der Waals surface area contributed by atoms with Gasteiger partial charge in [-0.15, -0.1) is 17.4 Å². The van der Waals surface area contributed by atoms with Crippen molar-refractivity contribution in [1.82, 2.24) is 0 Å². The molecule has 0 saturated heterocycles. The summed E-state index contributed by atoms with van der Waals surface area (Å²) in [5, 5.41) is 9.96. The number of rotatable bonds is 12. The van der Waals surface area contributed by atoms with Crippen LogP contribution in [0.2, 0.25) is 0 Å². The number of aromatic hydroxyl groups is 1. The Morgan fingerprint density at radius 3 is 2.53 bits per heavy atom. The van der Waals surface area contributed by atoms with Crippen LogP contribution in [0, 0.1) is 12.8 Å². The normalized spacial score (nSPS) is 11.6. The average Bonchev–Trinajstić information content (AvgIpc) is 3.18. The Kier molecular flexibility index (Phi) is 17.3. The molecule has 9 heteroatoms. The number of carbonyl (C=O) groups excluding carboxylic acids is 1. The minimum absolute atomic E-state index is 0. The van der Waals surface area contributed by atoms with Crippen molar-refractivity contribution in [1.29, 1.82) is 0 Å². The Morgan fingerprint density at radius 2 is 2.00 bits per heavy atom. The van der Waals surface area contributed by atoms with E-state index in [0.29, 0.717) is 18.6 Å². The number of ketones is 1. The van der Waals surface area contributed by atoms with Crippen LogP contribution >= 0.6 is 11.3 Å². The van der Waals surface area contributed by atoms with Gasteiger partial charge in [-0.05, 0) is 38.3 Å². The van der Waals surface area contributed by atoms with E-state index in [1.807, 2.05) is 24.3 Å². The van der Waals surface area contributed by atoms with E-state index in [9.17, 15) is 14.7 Å². The number of carbonyl (C=O) groups is 1. The van der Waals surface area contributed by atoms with E-state index in [-0.39, 0.29) is 55.9 Å². The molecule has 0 saturated carbocycles. The summed E-state index contributed by atoms with van der Waals surface area (Å²) in [5.74, 6) is -0.836. The molecule has 0 bridgehead atoms. The van der Waals surface area contributed by atoms with Crippen molar-refractivity contribution in [3.63, 3.8) is 0 Å².